The summed E-state index contributed by atoms with van der Waals surface area (Å²) in [5, 5.41) is 18.4. The highest BCUT2D eigenvalue weighted by Crippen LogP contribution is 2.28. The number of nitrogens with one attached hydrogen (secondary N) is 1. The number of hydrogen-bond donors (Lipinski definition) is 2. The molecule has 2 aromatic carbocycles. The van der Waals surface area contributed by atoms with Crippen LogP contribution in [-0.4, -0.2) is 31.5 Å². The topological polar surface area (TPSA) is 101 Å². The van der Waals surface area contributed by atoms with Crippen molar-refractivity contribution in [3.63, 3.8) is 0 Å². The minimum Gasteiger partial charge on any atom is -0.476 e. The molecule has 2 heterocycles. The largest absolute Gasteiger partial charge is 0.476 e. The highest BCUT2D eigenvalue weighted by atomic mass is 16.5. The van der Waals surface area contributed by atoms with Crippen LogP contribution in [-0.2, 0) is 0 Å². The van der Waals surface area contributed by atoms with Gasteiger partial charge in [-0.2, -0.15) is 0 Å². The molecule has 2 N–H and O–H groups in total. The van der Waals surface area contributed by atoms with Crippen LogP contribution >= 0.6 is 0 Å². The van der Waals surface area contributed by atoms with E-state index < -0.39 is 5.97 Å². The summed E-state index contributed by atoms with van der Waals surface area (Å²) in [6.45, 7) is 0. The summed E-state index contributed by atoms with van der Waals surface area (Å²) in [5.74, 6) is -0.776. The monoisotopic (exact) mass is 358 g/mol. The van der Waals surface area contributed by atoms with Crippen molar-refractivity contribution in [2.45, 2.75) is 0 Å². The predicted molar refractivity (Wildman–Crippen MR) is 98.5 cm³/mol. The molecule has 2 aromatic heterocycles. The van der Waals surface area contributed by atoms with Gasteiger partial charge in [0, 0.05) is 12.4 Å². The second kappa shape index (κ2) is 7.09. The van der Waals surface area contributed by atoms with E-state index >= 15 is 0 Å². The van der Waals surface area contributed by atoms with Gasteiger partial charge in [0.05, 0.1) is 0 Å². The molecule has 27 heavy (non-hydrogen) atoms. The summed E-state index contributed by atoms with van der Waals surface area (Å²) < 4.78 is 5.49. The molecule has 0 amide bonds. The zero-order valence-electron chi connectivity index (χ0n) is 14.0. The molecule has 0 fully saturated rings. The lowest BCUT2D eigenvalue weighted by molar-refractivity contribution is 0.0687. The molecule has 7 nitrogen and oxygen atoms in total. The zero-order valence-corrected chi connectivity index (χ0v) is 14.0. The SMILES string of the molecule is O=C(O)c1[nH]nnc1Oc1ccc(-c2ccc(-c3ccncc3)cc2)cc1. The number of benzene rings is 2. The number of ether oxygens (including phenoxy) is 1. The Morgan fingerprint density at radius 2 is 1.33 bits per heavy atom. The average Bonchev–Trinajstić information content (AvgIpc) is 3.18. The van der Waals surface area contributed by atoms with E-state index in [-0.39, 0.29) is 11.6 Å². The minimum absolute atomic E-state index is 0.0723. The first-order chi connectivity index (χ1) is 13.2. The van der Waals surface area contributed by atoms with Gasteiger partial charge in [0.1, 0.15) is 5.75 Å². The summed E-state index contributed by atoms with van der Waals surface area (Å²) in [7, 11) is 0. The van der Waals surface area contributed by atoms with Crippen LogP contribution in [0.25, 0.3) is 22.3 Å². The van der Waals surface area contributed by atoms with Crippen molar-refractivity contribution in [3.8, 4) is 33.9 Å². The van der Waals surface area contributed by atoms with Crippen LogP contribution in [0.4, 0.5) is 0 Å². The predicted octanol–water partition coefficient (Wildman–Crippen LogP) is 4.02. The second-order valence-electron chi connectivity index (χ2n) is 5.74. The summed E-state index contributed by atoms with van der Waals surface area (Å²) >= 11 is 0. The molecule has 0 aliphatic heterocycles. The highest BCUT2D eigenvalue weighted by molar-refractivity contribution is 5.87. The molecule has 4 rings (SSSR count). The summed E-state index contributed by atoms with van der Waals surface area (Å²) in [4.78, 5) is 15.1. The van der Waals surface area contributed by atoms with Gasteiger partial charge in [-0.3, -0.25) is 4.98 Å². The fourth-order valence-corrected chi connectivity index (χ4v) is 2.66. The van der Waals surface area contributed by atoms with E-state index in [1.54, 1.807) is 24.5 Å². The Balaban J connectivity index is 1.52. The van der Waals surface area contributed by atoms with Crippen molar-refractivity contribution in [2.24, 2.45) is 0 Å². The van der Waals surface area contributed by atoms with Crippen LogP contribution in [0.15, 0.2) is 73.1 Å². The molecule has 4 aromatic rings. The lowest BCUT2D eigenvalue weighted by Crippen LogP contribution is -1.99. The van der Waals surface area contributed by atoms with Crippen molar-refractivity contribution < 1.29 is 14.6 Å². The number of pyridine rings is 1. The normalized spacial score (nSPS) is 10.5. The fraction of sp³-hybridized carbons (Fsp3) is 0. The second-order valence-corrected chi connectivity index (χ2v) is 5.74. The Hall–Kier alpha value is -4.00. The first-order valence-corrected chi connectivity index (χ1v) is 8.14. The Bertz CT molecular complexity index is 1060. The Labute approximate surface area is 154 Å². The van der Waals surface area contributed by atoms with Gasteiger partial charge in [-0.25, -0.2) is 9.89 Å². The molecular formula is C20H14N4O3. The minimum atomic E-state index is -1.18. The number of carboxylic acids is 1. The molecule has 0 saturated carbocycles. The van der Waals surface area contributed by atoms with Crippen LogP contribution < -0.4 is 4.74 Å². The average molecular weight is 358 g/mol. The van der Waals surface area contributed by atoms with Crippen molar-refractivity contribution in [1.82, 2.24) is 20.4 Å². The first-order valence-electron chi connectivity index (χ1n) is 8.14. The van der Waals surface area contributed by atoms with Crippen LogP contribution in [0.3, 0.4) is 0 Å². The summed E-state index contributed by atoms with van der Waals surface area (Å²) in [6.07, 6.45) is 3.54. The van der Waals surface area contributed by atoms with E-state index in [2.05, 4.69) is 32.5 Å². The molecule has 0 spiro atoms. The van der Waals surface area contributed by atoms with E-state index in [0.717, 1.165) is 22.3 Å². The number of nitrogens with zero attached hydrogens (tertiary/aromatic N) is 3. The number of aromatic carboxylic acids is 1. The molecule has 0 aliphatic carbocycles. The van der Waals surface area contributed by atoms with Gasteiger partial charge in [-0.05, 0) is 46.5 Å². The van der Waals surface area contributed by atoms with Gasteiger partial charge >= 0.3 is 5.97 Å². The number of carbonyl (C=O) groups is 1. The number of rotatable bonds is 5. The van der Waals surface area contributed by atoms with Crippen LogP contribution in [0.2, 0.25) is 0 Å². The van der Waals surface area contributed by atoms with Crippen molar-refractivity contribution in [2.75, 3.05) is 0 Å². The third-order valence-electron chi connectivity index (χ3n) is 4.03. The first kappa shape index (κ1) is 16.5. The molecule has 7 heteroatoms. The van der Waals surface area contributed by atoms with Crippen LogP contribution in [0, 0.1) is 0 Å². The van der Waals surface area contributed by atoms with Crippen LogP contribution in [0.5, 0.6) is 11.6 Å². The molecule has 0 saturated heterocycles. The number of aromatic amines is 1. The van der Waals surface area contributed by atoms with Crippen molar-refractivity contribution >= 4 is 5.97 Å². The smallest absolute Gasteiger partial charge is 0.359 e. The third-order valence-corrected chi connectivity index (χ3v) is 4.03. The molecule has 132 valence electrons. The number of aromatic nitrogens is 4. The maximum atomic E-state index is 11.0. The number of carboxylic acid groups (broad SMARTS) is 1. The number of hydrogen-bond acceptors (Lipinski definition) is 5. The molecule has 0 aliphatic rings. The van der Waals surface area contributed by atoms with Gasteiger partial charge < -0.3 is 9.84 Å². The zero-order chi connectivity index (χ0) is 18.6. The molecule has 0 bridgehead atoms. The highest BCUT2D eigenvalue weighted by Gasteiger charge is 2.16. The van der Waals surface area contributed by atoms with Gasteiger partial charge in [0.15, 0.2) is 0 Å². The molecule has 0 unspecified atom stereocenters. The van der Waals surface area contributed by atoms with E-state index in [0.29, 0.717) is 5.75 Å². The third kappa shape index (κ3) is 3.52. The Morgan fingerprint density at radius 3 is 1.89 bits per heavy atom. The van der Waals surface area contributed by atoms with Crippen molar-refractivity contribution in [1.29, 1.82) is 0 Å². The van der Waals surface area contributed by atoms with E-state index in [4.69, 9.17) is 9.84 Å². The molecular weight excluding hydrogens is 344 g/mol. The molecule has 0 atom stereocenters. The van der Waals surface area contributed by atoms with Crippen molar-refractivity contribution in [3.05, 3.63) is 78.8 Å². The summed E-state index contributed by atoms with van der Waals surface area (Å²) in [6, 6.07) is 19.5. The van der Waals surface area contributed by atoms with E-state index in [1.165, 1.54) is 0 Å². The maximum absolute atomic E-state index is 11.0. The van der Waals surface area contributed by atoms with Gasteiger partial charge in [0.2, 0.25) is 5.69 Å². The Kier molecular flexibility index (Phi) is 4.32. The summed E-state index contributed by atoms with van der Waals surface area (Å²) in [5.41, 5.74) is 4.12. The van der Waals surface area contributed by atoms with Gasteiger partial charge in [-0.1, -0.05) is 46.7 Å². The van der Waals surface area contributed by atoms with E-state index in [9.17, 15) is 4.79 Å². The standard InChI is InChI=1S/C20H14N4O3/c25-20(26)18-19(23-24-22-18)27-17-7-5-15(6-8-17)13-1-3-14(4-2-13)16-9-11-21-12-10-16/h1-12H,(H,25,26)(H,22,23,24). The lowest BCUT2D eigenvalue weighted by atomic mass is 10.0. The molecule has 0 radical (unpaired) electrons. The van der Waals surface area contributed by atoms with E-state index in [1.807, 2.05) is 36.4 Å². The Morgan fingerprint density at radius 1 is 0.815 bits per heavy atom. The van der Waals surface area contributed by atoms with Gasteiger partial charge in [0.25, 0.3) is 5.88 Å². The maximum Gasteiger partial charge on any atom is 0.359 e. The number of H-pyrrole nitrogens is 1. The van der Waals surface area contributed by atoms with Crippen LogP contribution in [0.1, 0.15) is 10.5 Å². The quantitative estimate of drug-likeness (QED) is 0.559. The fourth-order valence-electron chi connectivity index (χ4n) is 2.66. The van der Waals surface area contributed by atoms with Gasteiger partial charge in [-0.15, -0.1) is 0 Å². The lowest BCUT2D eigenvalue weighted by Gasteiger charge is -2.07.